The Morgan fingerprint density at radius 1 is 1.03 bits per heavy atom. The topological polar surface area (TPSA) is 77.2 Å². The number of Topliss-reactive ketones (excluding diaryl/α,β-unsaturated/α-hetero) is 1. The van der Waals surface area contributed by atoms with E-state index >= 15 is 0 Å². The van der Waals surface area contributed by atoms with Gasteiger partial charge >= 0.3 is 0 Å². The van der Waals surface area contributed by atoms with Crippen LogP contribution < -0.4 is 9.80 Å². The second-order valence-electron chi connectivity index (χ2n) is 9.24. The van der Waals surface area contributed by atoms with Gasteiger partial charge in [0.05, 0.1) is 11.8 Å². The summed E-state index contributed by atoms with van der Waals surface area (Å²) in [5, 5.41) is 10.7. The number of aliphatic hydroxyl groups is 1. The summed E-state index contributed by atoms with van der Waals surface area (Å²) in [4.78, 5) is 32.3. The third-order valence-electron chi connectivity index (χ3n) is 5.94. The Morgan fingerprint density at radius 3 is 2.19 bits per heavy atom. The Kier molecular flexibility index (Phi) is 5.39. The van der Waals surface area contributed by atoms with E-state index in [2.05, 4.69) is 16.8 Å². The predicted molar refractivity (Wildman–Crippen MR) is 119 cm³/mol. The molecule has 2 aromatic rings. The van der Waals surface area contributed by atoms with Crippen molar-refractivity contribution in [1.29, 1.82) is 0 Å². The van der Waals surface area contributed by atoms with Crippen molar-refractivity contribution in [3.05, 3.63) is 59.8 Å². The number of hydrogen-bond acceptors (Lipinski definition) is 6. The van der Waals surface area contributed by atoms with Gasteiger partial charge in [-0.25, -0.2) is 0 Å². The van der Waals surface area contributed by atoms with Crippen LogP contribution in [-0.4, -0.2) is 54.9 Å². The summed E-state index contributed by atoms with van der Waals surface area (Å²) in [7, 11) is 2.12. The van der Waals surface area contributed by atoms with E-state index in [9.17, 15) is 14.7 Å². The lowest BCUT2D eigenvalue weighted by molar-refractivity contribution is -0.123. The Balaban J connectivity index is 1.69. The van der Waals surface area contributed by atoms with Gasteiger partial charge in [-0.2, -0.15) is 0 Å². The average Bonchev–Trinajstić information content (AvgIpc) is 3.35. The maximum absolute atomic E-state index is 13.1. The third kappa shape index (κ3) is 3.85. The predicted octanol–water partition coefficient (Wildman–Crippen LogP) is 3.55. The lowest BCUT2D eigenvalue weighted by Gasteiger charge is -2.34. The first-order valence-electron chi connectivity index (χ1n) is 10.6. The molecule has 0 saturated carbocycles. The van der Waals surface area contributed by atoms with Crippen LogP contribution in [0.3, 0.4) is 0 Å². The number of furan rings is 1. The van der Waals surface area contributed by atoms with Gasteiger partial charge < -0.3 is 19.3 Å². The number of carbonyl (C=O) groups excluding carboxylic acids is 2. The van der Waals surface area contributed by atoms with Crippen molar-refractivity contribution in [2.24, 2.45) is 5.41 Å². The van der Waals surface area contributed by atoms with Crippen LogP contribution in [0.4, 0.5) is 11.4 Å². The van der Waals surface area contributed by atoms with Gasteiger partial charge in [-0.15, -0.1) is 0 Å². The summed E-state index contributed by atoms with van der Waals surface area (Å²) in [6.45, 7) is 9.21. The number of rotatable bonds is 4. The quantitative estimate of drug-likeness (QED) is 0.811. The molecule has 1 N–H and O–H groups in total. The largest absolute Gasteiger partial charge is 0.503 e. The van der Waals surface area contributed by atoms with E-state index in [1.807, 2.05) is 24.3 Å². The van der Waals surface area contributed by atoms with Crippen molar-refractivity contribution in [2.45, 2.75) is 26.8 Å². The molecule has 0 bridgehead atoms. The van der Waals surface area contributed by atoms with E-state index in [-0.39, 0.29) is 11.4 Å². The molecule has 1 fully saturated rings. The zero-order chi connectivity index (χ0) is 22.3. The van der Waals surface area contributed by atoms with Crippen LogP contribution in [-0.2, 0) is 9.59 Å². The second-order valence-corrected chi connectivity index (χ2v) is 9.24. The summed E-state index contributed by atoms with van der Waals surface area (Å²) in [5.41, 5.74) is 1.01. The summed E-state index contributed by atoms with van der Waals surface area (Å²) < 4.78 is 5.58. The maximum atomic E-state index is 13.1. The molecular formula is C24H29N3O4. The number of piperazine rings is 1. The Morgan fingerprint density at radius 2 is 1.65 bits per heavy atom. The highest BCUT2D eigenvalue weighted by molar-refractivity contribution is 6.17. The fraction of sp³-hybridized carbons (Fsp3) is 0.417. The average molecular weight is 424 g/mol. The SMILES string of the molecule is CN1CCN(c2ccc(N3C(=O)C(O)=C(C(=O)C(C)(C)C)C3c3ccco3)cc2)CC1. The molecule has 1 aromatic carbocycles. The molecule has 0 radical (unpaired) electrons. The van der Waals surface area contributed by atoms with Crippen LogP contribution in [0.2, 0.25) is 0 Å². The minimum absolute atomic E-state index is 0.0793. The van der Waals surface area contributed by atoms with Gasteiger partial charge in [-0.05, 0) is 43.4 Å². The number of benzene rings is 1. The number of anilines is 2. The third-order valence-corrected chi connectivity index (χ3v) is 5.94. The molecule has 31 heavy (non-hydrogen) atoms. The number of amides is 1. The van der Waals surface area contributed by atoms with Crippen LogP contribution in [0, 0.1) is 5.41 Å². The normalized spacial score (nSPS) is 20.6. The number of aliphatic hydroxyl groups excluding tert-OH is 1. The number of carbonyl (C=O) groups is 2. The molecule has 1 unspecified atom stereocenters. The molecule has 7 nitrogen and oxygen atoms in total. The van der Waals surface area contributed by atoms with Crippen molar-refractivity contribution in [3.8, 4) is 0 Å². The highest BCUT2D eigenvalue weighted by Gasteiger charge is 2.47. The number of likely N-dealkylation sites (N-methyl/N-ethyl adjacent to an activating group) is 1. The van der Waals surface area contributed by atoms with Crippen molar-refractivity contribution in [3.63, 3.8) is 0 Å². The number of hydrogen-bond donors (Lipinski definition) is 1. The lowest BCUT2D eigenvalue weighted by Crippen LogP contribution is -2.44. The molecule has 164 valence electrons. The Labute approximate surface area is 182 Å². The maximum Gasteiger partial charge on any atom is 0.294 e. The van der Waals surface area contributed by atoms with Crippen LogP contribution >= 0.6 is 0 Å². The molecule has 1 atom stereocenters. The van der Waals surface area contributed by atoms with E-state index in [1.54, 1.807) is 32.9 Å². The van der Waals surface area contributed by atoms with Crippen LogP contribution in [0.15, 0.2) is 58.4 Å². The minimum atomic E-state index is -0.802. The molecule has 2 aliphatic rings. The first kappa shape index (κ1) is 21.2. The number of ketones is 1. The van der Waals surface area contributed by atoms with Crippen LogP contribution in [0.25, 0.3) is 0 Å². The monoisotopic (exact) mass is 423 g/mol. The van der Waals surface area contributed by atoms with Gasteiger partial charge in [-0.3, -0.25) is 14.5 Å². The first-order valence-corrected chi connectivity index (χ1v) is 10.6. The van der Waals surface area contributed by atoms with Crippen molar-refractivity contribution in [1.82, 2.24) is 4.90 Å². The van der Waals surface area contributed by atoms with E-state index in [4.69, 9.17) is 4.42 Å². The Bertz CT molecular complexity index is 994. The van der Waals surface area contributed by atoms with E-state index in [0.717, 1.165) is 31.9 Å². The molecule has 2 aliphatic heterocycles. The molecule has 1 amide bonds. The zero-order valence-electron chi connectivity index (χ0n) is 18.5. The van der Waals surface area contributed by atoms with E-state index in [0.29, 0.717) is 11.4 Å². The van der Waals surface area contributed by atoms with Gasteiger partial charge in [-0.1, -0.05) is 20.8 Å². The van der Waals surface area contributed by atoms with Gasteiger partial charge in [0, 0.05) is 43.0 Å². The summed E-state index contributed by atoms with van der Waals surface area (Å²) in [6.07, 6.45) is 1.50. The highest BCUT2D eigenvalue weighted by Crippen LogP contribution is 2.43. The molecule has 7 heteroatoms. The van der Waals surface area contributed by atoms with Gasteiger partial charge in [0.15, 0.2) is 11.5 Å². The van der Waals surface area contributed by atoms with Crippen LogP contribution in [0.1, 0.15) is 32.6 Å². The smallest absolute Gasteiger partial charge is 0.294 e. The molecule has 0 spiro atoms. The fourth-order valence-corrected chi connectivity index (χ4v) is 4.11. The number of nitrogens with zero attached hydrogens (tertiary/aromatic N) is 3. The highest BCUT2D eigenvalue weighted by atomic mass is 16.3. The van der Waals surface area contributed by atoms with Crippen molar-refractivity contribution < 1.29 is 19.1 Å². The molecule has 3 heterocycles. The lowest BCUT2D eigenvalue weighted by atomic mass is 9.83. The van der Waals surface area contributed by atoms with Gasteiger partial charge in [0.2, 0.25) is 0 Å². The Hall–Kier alpha value is -3.06. The van der Waals surface area contributed by atoms with Gasteiger partial charge in [0.1, 0.15) is 11.8 Å². The van der Waals surface area contributed by atoms with Gasteiger partial charge in [0.25, 0.3) is 5.91 Å². The standard InChI is InChI=1S/C24H29N3O4/c1-24(2,3)22(29)19-20(18-6-5-15-31-18)27(23(30)21(19)28)17-9-7-16(8-10-17)26-13-11-25(4)12-14-26/h5-10,15,20,28H,11-14H2,1-4H3. The summed E-state index contributed by atoms with van der Waals surface area (Å²) in [5.74, 6) is -0.949. The molecule has 1 saturated heterocycles. The van der Waals surface area contributed by atoms with Crippen LogP contribution in [0.5, 0.6) is 0 Å². The van der Waals surface area contributed by atoms with E-state index in [1.165, 1.54) is 11.2 Å². The second kappa shape index (κ2) is 7.89. The molecule has 0 aliphatic carbocycles. The van der Waals surface area contributed by atoms with E-state index < -0.39 is 23.1 Å². The van der Waals surface area contributed by atoms with Crippen molar-refractivity contribution >= 4 is 23.1 Å². The molecular weight excluding hydrogens is 394 g/mol. The molecule has 1 aromatic heterocycles. The summed E-state index contributed by atoms with van der Waals surface area (Å²) in [6, 6.07) is 10.3. The summed E-state index contributed by atoms with van der Waals surface area (Å²) >= 11 is 0. The molecule has 4 rings (SSSR count). The first-order chi connectivity index (χ1) is 14.7. The van der Waals surface area contributed by atoms with Crippen molar-refractivity contribution in [2.75, 3.05) is 43.0 Å². The zero-order valence-corrected chi connectivity index (χ0v) is 18.5. The fourth-order valence-electron chi connectivity index (χ4n) is 4.11. The minimum Gasteiger partial charge on any atom is -0.503 e.